The van der Waals surface area contributed by atoms with Crippen LogP contribution in [0.2, 0.25) is 0 Å². The van der Waals surface area contributed by atoms with Gasteiger partial charge in [-0.25, -0.2) is 0 Å². The molecule has 2 aromatic carbocycles. The van der Waals surface area contributed by atoms with Crippen molar-refractivity contribution in [2.45, 2.75) is 26.4 Å². The summed E-state index contributed by atoms with van der Waals surface area (Å²) >= 11 is 0. The monoisotopic (exact) mass is 437 g/mol. The molecule has 0 spiro atoms. The molecule has 0 aliphatic heterocycles. The summed E-state index contributed by atoms with van der Waals surface area (Å²) in [4.78, 5) is 12.5. The van der Waals surface area contributed by atoms with Gasteiger partial charge in [-0.3, -0.25) is 4.79 Å². The molecule has 0 bridgehead atoms. The summed E-state index contributed by atoms with van der Waals surface area (Å²) in [6.45, 7) is 3.71. The molecule has 7 heteroatoms. The Morgan fingerprint density at radius 2 is 1.75 bits per heavy atom. The fourth-order valence-electron chi connectivity index (χ4n) is 3.58. The van der Waals surface area contributed by atoms with Gasteiger partial charge in [0.25, 0.3) is 5.91 Å². The number of carbonyl (C=O) groups excluding carboxylic acids is 1. The highest BCUT2D eigenvalue weighted by atomic mass is 19.4. The zero-order valence-corrected chi connectivity index (χ0v) is 17.7. The largest absolute Gasteiger partial charge is 0.418 e. The number of aryl methyl sites for hydroxylation is 1. The van der Waals surface area contributed by atoms with E-state index in [1.54, 1.807) is 26.0 Å². The van der Waals surface area contributed by atoms with Gasteiger partial charge in [-0.05, 0) is 55.7 Å². The third-order valence-electron chi connectivity index (χ3n) is 5.13. The summed E-state index contributed by atoms with van der Waals surface area (Å²) in [5.74, 6) is -0.524. The van der Waals surface area contributed by atoms with Crippen LogP contribution in [0.1, 0.15) is 28.1 Å². The quantitative estimate of drug-likeness (QED) is 0.416. The number of aromatic nitrogens is 1. The first-order valence-corrected chi connectivity index (χ1v) is 10.0. The summed E-state index contributed by atoms with van der Waals surface area (Å²) in [7, 11) is 0. The molecule has 1 aromatic heterocycles. The summed E-state index contributed by atoms with van der Waals surface area (Å²) in [6.07, 6.45) is -2.48. The van der Waals surface area contributed by atoms with E-state index in [1.807, 2.05) is 36.4 Å². The predicted molar refractivity (Wildman–Crippen MR) is 117 cm³/mol. The lowest BCUT2D eigenvalue weighted by Gasteiger charge is -2.16. The van der Waals surface area contributed by atoms with Gasteiger partial charge < -0.3 is 9.88 Å². The van der Waals surface area contributed by atoms with Crippen LogP contribution in [0.4, 0.5) is 13.2 Å². The van der Waals surface area contributed by atoms with Crippen LogP contribution in [0.3, 0.4) is 0 Å². The summed E-state index contributed by atoms with van der Waals surface area (Å²) in [5, 5.41) is 12.2. The Balaban J connectivity index is 1.86. The fourth-order valence-corrected chi connectivity index (χ4v) is 3.58. The van der Waals surface area contributed by atoms with Crippen LogP contribution in [0.5, 0.6) is 0 Å². The topological polar surface area (TPSA) is 57.8 Å². The molecule has 1 N–H and O–H groups in total. The normalized spacial score (nSPS) is 11.8. The van der Waals surface area contributed by atoms with Gasteiger partial charge in [0, 0.05) is 17.9 Å². The van der Waals surface area contributed by atoms with Crippen molar-refractivity contribution in [3.63, 3.8) is 0 Å². The standard InChI is InChI=1S/C25H22F3N3O/c1-17-14-20(18(2)31(17)23-11-7-6-10-22(23)25(26,27)28)15-21(16-29)24(32)30-13-12-19-8-4-3-5-9-19/h3-11,14-15H,12-13H2,1-2H3,(H,30,32)/b21-15-. The summed E-state index contributed by atoms with van der Waals surface area (Å²) < 4.78 is 42.0. The predicted octanol–water partition coefficient (Wildman–Crippen LogP) is 5.38. The van der Waals surface area contributed by atoms with Crippen LogP contribution >= 0.6 is 0 Å². The maximum absolute atomic E-state index is 13.5. The molecule has 32 heavy (non-hydrogen) atoms. The number of para-hydroxylation sites is 1. The average Bonchev–Trinajstić information content (AvgIpc) is 3.04. The molecule has 164 valence electrons. The highest BCUT2D eigenvalue weighted by molar-refractivity contribution is 6.01. The first kappa shape index (κ1) is 22.9. The molecule has 3 aromatic rings. The second kappa shape index (κ2) is 9.56. The second-order valence-corrected chi connectivity index (χ2v) is 7.34. The first-order valence-electron chi connectivity index (χ1n) is 10.0. The van der Waals surface area contributed by atoms with Crippen LogP contribution in [0, 0.1) is 25.2 Å². The Hall–Kier alpha value is -3.79. The van der Waals surface area contributed by atoms with Crippen LogP contribution in [-0.2, 0) is 17.4 Å². The van der Waals surface area contributed by atoms with Crippen molar-refractivity contribution in [3.8, 4) is 11.8 Å². The molecule has 3 rings (SSSR count). The Morgan fingerprint density at radius 3 is 2.41 bits per heavy atom. The van der Waals surface area contributed by atoms with E-state index in [0.29, 0.717) is 29.9 Å². The molecule has 0 saturated heterocycles. The molecule has 0 radical (unpaired) electrons. The molecule has 0 unspecified atom stereocenters. The molecule has 1 amide bonds. The molecule has 0 saturated carbocycles. The number of carbonyl (C=O) groups is 1. The van der Waals surface area contributed by atoms with Crippen LogP contribution in [0.15, 0.2) is 66.2 Å². The van der Waals surface area contributed by atoms with E-state index < -0.39 is 17.6 Å². The molecule has 1 heterocycles. The van der Waals surface area contributed by atoms with Crippen LogP contribution in [-0.4, -0.2) is 17.0 Å². The minimum Gasteiger partial charge on any atom is -0.351 e. The molecule has 0 atom stereocenters. The number of alkyl halides is 3. The highest BCUT2D eigenvalue weighted by Gasteiger charge is 2.34. The molecule has 0 aliphatic carbocycles. The lowest BCUT2D eigenvalue weighted by molar-refractivity contribution is -0.137. The van der Waals surface area contributed by atoms with Crippen LogP contribution in [0.25, 0.3) is 11.8 Å². The highest BCUT2D eigenvalue weighted by Crippen LogP contribution is 2.35. The lowest BCUT2D eigenvalue weighted by Crippen LogP contribution is -2.26. The van der Waals surface area contributed by atoms with E-state index in [2.05, 4.69) is 5.32 Å². The van der Waals surface area contributed by atoms with Gasteiger partial charge in [0.1, 0.15) is 11.6 Å². The fraction of sp³-hybridized carbons (Fsp3) is 0.200. The minimum atomic E-state index is -4.51. The smallest absolute Gasteiger partial charge is 0.351 e. The molecular weight excluding hydrogens is 415 g/mol. The average molecular weight is 437 g/mol. The Labute approximate surface area is 184 Å². The van der Waals surface area contributed by atoms with E-state index in [-0.39, 0.29) is 11.3 Å². The number of amides is 1. The summed E-state index contributed by atoms with van der Waals surface area (Å²) in [5.41, 5.74) is 1.77. The number of hydrogen-bond acceptors (Lipinski definition) is 2. The maximum atomic E-state index is 13.5. The van der Waals surface area contributed by atoms with Crippen molar-refractivity contribution >= 4 is 12.0 Å². The van der Waals surface area contributed by atoms with Gasteiger partial charge in [-0.2, -0.15) is 18.4 Å². The molecular formula is C25H22F3N3O. The lowest BCUT2D eigenvalue weighted by atomic mass is 10.1. The Morgan fingerprint density at radius 1 is 1.09 bits per heavy atom. The number of nitrogens with one attached hydrogen (secondary N) is 1. The van der Waals surface area contributed by atoms with E-state index >= 15 is 0 Å². The first-order chi connectivity index (χ1) is 15.2. The Kier molecular flexibility index (Phi) is 6.84. The molecule has 0 aliphatic rings. The third-order valence-corrected chi connectivity index (χ3v) is 5.13. The van der Waals surface area contributed by atoms with Crippen molar-refractivity contribution in [2.24, 2.45) is 0 Å². The van der Waals surface area contributed by atoms with E-state index in [0.717, 1.165) is 11.6 Å². The van der Waals surface area contributed by atoms with Crippen molar-refractivity contribution in [1.82, 2.24) is 9.88 Å². The maximum Gasteiger partial charge on any atom is 0.418 e. The van der Waals surface area contributed by atoms with Crippen molar-refractivity contribution in [2.75, 3.05) is 6.54 Å². The van der Waals surface area contributed by atoms with Crippen molar-refractivity contribution in [1.29, 1.82) is 5.26 Å². The zero-order valence-electron chi connectivity index (χ0n) is 17.7. The van der Waals surface area contributed by atoms with Gasteiger partial charge in [0.2, 0.25) is 0 Å². The SMILES string of the molecule is Cc1cc(/C=C(/C#N)C(=O)NCCc2ccccc2)c(C)n1-c1ccccc1C(F)(F)F. The van der Waals surface area contributed by atoms with Gasteiger partial charge in [-0.15, -0.1) is 0 Å². The van der Waals surface area contributed by atoms with Gasteiger partial charge in [-0.1, -0.05) is 42.5 Å². The Bertz CT molecular complexity index is 1190. The second-order valence-electron chi connectivity index (χ2n) is 7.34. The number of hydrogen-bond donors (Lipinski definition) is 1. The zero-order chi connectivity index (χ0) is 23.3. The van der Waals surface area contributed by atoms with Gasteiger partial charge >= 0.3 is 6.18 Å². The number of nitriles is 1. The van der Waals surface area contributed by atoms with E-state index in [9.17, 15) is 23.2 Å². The van der Waals surface area contributed by atoms with E-state index in [4.69, 9.17) is 0 Å². The van der Waals surface area contributed by atoms with Gasteiger partial charge in [0.15, 0.2) is 0 Å². The number of rotatable bonds is 6. The van der Waals surface area contributed by atoms with Crippen molar-refractivity contribution < 1.29 is 18.0 Å². The van der Waals surface area contributed by atoms with Crippen LogP contribution < -0.4 is 5.32 Å². The number of halogens is 3. The van der Waals surface area contributed by atoms with E-state index in [1.165, 1.54) is 22.8 Å². The van der Waals surface area contributed by atoms with Gasteiger partial charge in [0.05, 0.1) is 11.3 Å². The molecule has 0 fully saturated rings. The minimum absolute atomic E-state index is 0.000435. The number of benzene rings is 2. The summed E-state index contributed by atoms with van der Waals surface area (Å²) in [6, 6.07) is 18.5. The number of nitrogens with zero attached hydrogens (tertiary/aromatic N) is 2. The van der Waals surface area contributed by atoms with Crippen molar-refractivity contribution in [3.05, 3.63) is 94.3 Å². The molecule has 4 nitrogen and oxygen atoms in total. The third kappa shape index (κ3) is 5.09.